The molecule has 8 heteroatoms. The minimum Gasteiger partial charge on any atom is -0.496 e. The van der Waals surface area contributed by atoms with Gasteiger partial charge in [0, 0.05) is 11.3 Å². The van der Waals surface area contributed by atoms with Crippen LogP contribution in [-0.2, 0) is 14.4 Å². The lowest BCUT2D eigenvalue weighted by Crippen LogP contribution is -2.38. The standard InChI is InChI=1S/C15H17NO5S2/c1-21-11-5-3-2-4-9(11)13(14(18)19)23-8-12(17)16-10-6-7-22-15(10)20/h2-5,10,13H,6-8H2,1H3,(H,16,17)(H,18,19). The molecule has 0 saturated carbocycles. The highest BCUT2D eigenvalue weighted by atomic mass is 32.2. The second-order valence-electron chi connectivity index (χ2n) is 4.85. The SMILES string of the molecule is COc1ccccc1C(SCC(=O)NC1CCSC1=O)C(=O)O. The minimum atomic E-state index is -1.04. The maximum absolute atomic E-state index is 11.9. The molecule has 1 aromatic carbocycles. The summed E-state index contributed by atoms with van der Waals surface area (Å²) in [5.74, 6) is -0.244. The summed E-state index contributed by atoms with van der Waals surface area (Å²) < 4.78 is 5.18. The number of hydrogen-bond acceptors (Lipinski definition) is 6. The van der Waals surface area contributed by atoms with Crippen LogP contribution in [0.2, 0.25) is 0 Å². The molecule has 2 rings (SSSR count). The van der Waals surface area contributed by atoms with Crippen molar-refractivity contribution < 1.29 is 24.2 Å². The Labute approximate surface area is 142 Å². The van der Waals surface area contributed by atoms with E-state index in [0.29, 0.717) is 23.5 Å². The highest BCUT2D eigenvalue weighted by molar-refractivity contribution is 8.14. The van der Waals surface area contributed by atoms with Gasteiger partial charge in [-0.25, -0.2) is 0 Å². The number of carboxylic acid groups (broad SMARTS) is 1. The molecule has 2 unspecified atom stereocenters. The van der Waals surface area contributed by atoms with Crippen LogP contribution < -0.4 is 10.1 Å². The molecule has 0 radical (unpaired) electrons. The van der Waals surface area contributed by atoms with Crippen LogP contribution in [0.1, 0.15) is 17.2 Å². The summed E-state index contributed by atoms with van der Waals surface area (Å²) in [4.78, 5) is 34.9. The molecule has 1 aromatic rings. The van der Waals surface area contributed by atoms with Gasteiger partial charge in [-0.3, -0.25) is 14.4 Å². The zero-order chi connectivity index (χ0) is 16.8. The number of para-hydroxylation sites is 1. The average Bonchev–Trinajstić information content (AvgIpc) is 2.92. The van der Waals surface area contributed by atoms with Gasteiger partial charge in [-0.2, -0.15) is 0 Å². The molecule has 124 valence electrons. The molecule has 1 amide bonds. The van der Waals surface area contributed by atoms with Crippen LogP contribution >= 0.6 is 23.5 Å². The van der Waals surface area contributed by atoms with E-state index in [0.717, 1.165) is 11.8 Å². The molecule has 0 spiro atoms. The number of nitrogens with one attached hydrogen (secondary N) is 1. The topological polar surface area (TPSA) is 92.7 Å². The van der Waals surface area contributed by atoms with Crippen LogP contribution in [0.3, 0.4) is 0 Å². The number of carbonyl (C=O) groups excluding carboxylic acids is 2. The number of ether oxygens (including phenoxy) is 1. The monoisotopic (exact) mass is 355 g/mol. The Morgan fingerprint density at radius 1 is 1.48 bits per heavy atom. The maximum atomic E-state index is 11.9. The number of hydrogen-bond donors (Lipinski definition) is 2. The molecular weight excluding hydrogens is 338 g/mol. The van der Waals surface area contributed by atoms with Gasteiger partial charge in [0.05, 0.1) is 18.9 Å². The predicted octanol–water partition coefficient (Wildman–Crippen LogP) is 1.70. The number of carbonyl (C=O) groups is 3. The molecule has 1 heterocycles. The molecule has 23 heavy (non-hydrogen) atoms. The summed E-state index contributed by atoms with van der Waals surface area (Å²) in [5, 5.41) is 11.1. The van der Waals surface area contributed by atoms with Gasteiger partial charge in [0.25, 0.3) is 0 Å². The van der Waals surface area contributed by atoms with E-state index >= 15 is 0 Å². The van der Waals surface area contributed by atoms with Crippen molar-refractivity contribution in [3.63, 3.8) is 0 Å². The molecule has 1 saturated heterocycles. The highest BCUT2D eigenvalue weighted by Gasteiger charge is 2.28. The Hall–Kier alpha value is -1.67. The largest absolute Gasteiger partial charge is 0.496 e. The Kier molecular flexibility index (Phi) is 6.35. The zero-order valence-electron chi connectivity index (χ0n) is 12.5. The number of thioether (sulfide) groups is 2. The van der Waals surface area contributed by atoms with E-state index in [1.54, 1.807) is 24.3 Å². The number of carboxylic acids is 1. The van der Waals surface area contributed by atoms with E-state index < -0.39 is 17.3 Å². The van der Waals surface area contributed by atoms with Crippen molar-refractivity contribution in [3.05, 3.63) is 29.8 Å². The molecule has 2 N–H and O–H groups in total. The van der Waals surface area contributed by atoms with E-state index in [1.165, 1.54) is 18.9 Å². The molecule has 6 nitrogen and oxygen atoms in total. The summed E-state index contributed by atoms with van der Waals surface area (Å²) in [6.45, 7) is 0. The minimum absolute atomic E-state index is 0.0382. The Morgan fingerprint density at radius 3 is 2.83 bits per heavy atom. The zero-order valence-corrected chi connectivity index (χ0v) is 14.1. The molecule has 0 aliphatic carbocycles. The molecule has 2 atom stereocenters. The van der Waals surface area contributed by atoms with Gasteiger partial charge in [0.2, 0.25) is 11.0 Å². The van der Waals surface area contributed by atoms with Gasteiger partial charge in [-0.05, 0) is 12.5 Å². The first-order valence-corrected chi connectivity index (χ1v) is 8.99. The maximum Gasteiger partial charge on any atom is 0.321 e. The van der Waals surface area contributed by atoms with Gasteiger partial charge >= 0.3 is 5.97 Å². The summed E-state index contributed by atoms with van der Waals surface area (Å²) in [5.41, 5.74) is 0.507. The summed E-state index contributed by atoms with van der Waals surface area (Å²) in [6, 6.07) is 6.37. The predicted molar refractivity (Wildman–Crippen MR) is 89.8 cm³/mol. The second kappa shape index (κ2) is 8.26. The highest BCUT2D eigenvalue weighted by Crippen LogP contribution is 2.35. The Balaban J connectivity index is 1.98. The van der Waals surface area contributed by atoms with Gasteiger partial charge in [0.1, 0.15) is 11.0 Å². The van der Waals surface area contributed by atoms with Crippen molar-refractivity contribution in [2.75, 3.05) is 18.6 Å². The first-order valence-electron chi connectivity index (χ1n) is 6.96. The quantitative estimate of drug-likeness (QED) is 0.769. The number of methoxy groups -OCH3 is 1. The van der Waals surface area contributed by atoms with Crippen molar-refractivity contribution in [2.24, 2.45) is 0 Å². The summed E-state index contributed by atoms with van der Waals surface area (Å²) in [6.07, 6.45) is 0.620. The Bertz CT molecular complexity index is 607. The fourth-order valence-electron chi connectivity index (χ4n) is 2.20. The van der Waals surface area contributed by atoms with Gasteiger partial charge < -0.3 is 15.2 Å². The van der Waals surface area contributed by atoms with Crippen molar-refractivity contribution in [1.82, 2.24) is 5.32 Å². The number of amides is 1. The summed E-state index contributed by atoms with van der Waals surface area (Å²) >= 11 is 2.20. The van der Waals surface area contributed by atoms with Crippen LogP contribution in [0.4, 0.5) is 0 Å². The first-order chi connectivity index (χ1) is 11.0. The van der Waals surface area contributed by atoms with Gasteiger partial charge in [-0.15, -0.1) is 11.8 Å². The molecule has 0 aromatic heterocycles. The third-order valence-electron chi connectivity index (χ3n) is 3.30. The van der Waals surface area contributed by atoms with Crippen LogP contribution in [-0.4, -0.2) is 46.8 Å². The second-order valence-corrected chi connectivity index (χ2v) is 7.04. The third kappa shape index (κ3) is 4.65. The number of rotatable bonds is 7. The smallest absolute Gasteiger partial charge is 0.321 e. The van der Waals surface area contributed by atoms with Crippen molar-refractivity contribution >= 4 is 40.5 Å². The third-order valence-corrected chi connectivity index (χ3v) is 5.52. The lowest BCUT2D eigenvalue weighted by atomic mass is 10.1. The number of benzene rings is 1. The fraction of sp³-hybridized carbons (Fsp3) is 0.400. The van der Waals surface area contributed by atoms with E-state index in [4.69, 9.17) is 4.74 Å². The Morgan fingerprint density at radius 2 is 2.22 bits per heavy atom. The van der Waals surface area contributed by atoms with E-state index in [9.17, 15) is 19.5 Å². The van der Waals surface area contributed by atoms with E-state index in [1.807, 2.05) is 0 Å². The summed E-state index contributed by atoms with van der Waals surface area (Å²) in [7, 11) is 1.47. The van der Waals surface area contributed by atoms with Crippen molar-refractivity contribution in [3.8, 4) is 5.75 Å². The lowest BCUT2D eigenvalue weighted by Gasteiger charge is -2.16. The van der Waals surface area contributed by atoms with Crippen LogP contribution in [0.15, 0.2) is 24.3 Å². The fourth-order valence-corrected chi connectivity index (χ4v) is 4.05. The normalized spacial score (nSPS) is 18.5. The van der Waals surface area contributed by atoms with Crippen LogP contribution in [0.25, 0.3) is 0 Å². The molecule has 1 fully saturated rings. The lowest BCUT2D eigenvalue weighted by molar-refractivity contribution is -0.136. The van der Waals surface area contributed by atoms with Gasteiger partial charge in [0.15, 0.2) is 0 Å². The molecular formula is C15H17NO5S2. The van der Waals surface area contributed by atoms with E-state index in [2.05, 4.69) is 5.32 Å². The van der Waals surface area contributed by atoms with Crippen molar-refractivity contribution in [2.45, 2.75) is 17.7 Å². The van der Waals surface area contributed by atoms with E-state index in [-0.39, 0.29) is 16.8 Å². The van der Waals surface area contributed by atoms with Crippen molar-refractivity contribution in [1.29, 1.82) is 0 Å². The molecule has 0 bridgehead atoms. The average molecular weight is 355 g/mol. The van der Waals surface area contributed by atoms with Crippen LogP contribution in [0, 0.1) is 0 Å². The van der Waals surface area contributed by atoms with Gasteiger partial charge in [-0.1, -0.05) is 30.0 Å². The molecule has 1 aliphatic rings. The molecule has 1 aliphatic heterocycles. The first kappa shape index (κ1) is 17.7. The number of aliphatic carboxylic acids is 1. The van der Waals surface area contributed by atoms with Crippen LogP contribution in [0.5, 0.6) is 5.75 Å².